The maximum atomic E-state index is 5.88. The molecule has 3 nitrogen and oxygen atoms in total. The minimum Gasteiger partial charge on any atom is -0.498 e. The maximum absolute atomic E-state index is 5.88. The molecule has 0 N–H and O–H groups in total. The van der Waals surface area contributed by atoms with Crippen LogP contribution in [0, 0.1) is 11.8 Å². The van der Waals surface area contributed by atoms with E-state index < -0.39 is 0 Å². The third kappa shape index (κ3) is 2.33. The van der Waals surface area contributed by atoms with E-state index in [2.05, 4.69) is 17.6 Å². The van der Waals surface area contributed by atoms with Crippen LogP contribution in [0.1, 0.15) is 39.0 Å². The zero-order valence-corrected chi connectivity index (χ0v) is 12.2. The first-order chi connectivity index (χ1) is 9.35. The fourth-order valence-electron chi connectivity index (χ4n) is 4.17. The summed E-state index contributed by atoms with van der Waals surface area (Å²) in [6.07, 6.45) is 8.92. The highest BCUT2D eigenvalue weighted by Gasteiger charge is 2.45. The minimum atomic E-state index is 0.582. The standard InChI is InChI=1S/C16H26NO2/c1-3-19-16-10-15(13-7-4-8-14(13)16)17-9-5-6-12(17)11-18-2/h10,12-14H,3-9,11H2,1-2H3/q+1/t12-,13+,14-/m0/s1. The van der Waals surface area contributed by atoms with Gasteiger partial charge in [0.25, 0.3) is 0 Å². The molecule has 0 aromatic heterocycles. The summed E-state index contributed by atoms with van der Waals surface area (Å²) in [6.45, 7) is 4.94. The summed E-state index contributed by atoms with van der Waals surface area (Å²) in [5, 5.41) is 0. The van der Waals surface area contributed by atoms with Crippen LogP contribution in [0.3, 0.4) is 0 Å². The van der Waals surface area contributed by atoms with Crippen molar-refractivity contribution in [2.75, 3.05) is 26.9 Å². The predicted molar refractivity (Wildman–Crippen MR) is 75.6 cm³/mol. The highest BCUT2D eigenvalue weighted by atomic mass is 16.5. The van der Waals surface area contributed by atoms with Crippen molar-refractivity contribution in [3.63, 3.8) is 0 Å². The molecular weight excluding hydrogens is 238 g/mol. The second-order valence-corrected chi connectivity index (χ2v) is 5.99. The number of allylic oxidation sites excluding steroid dienone is 2. The van der Waals surface area contributed by atoms with Gasteiger partial charge in [0.1, 0.15) is 18.9 Å². The van der Waals surface area contributed by atoms with Crippen LogP contribution in [0.4, 0.5) is 0 Å². The van der Waals surface area contributed by atoms with Gasteiger partial charge < -0.3 is 9.47 Å². The van der Waals surface area contributed by atoms with E-state index in [1.807, 2.05) is 7.11 Å². The van der Waals surface area contributed by atoms with Crippen LogP contribution in [0.15, 0.2) is 11.8 Å². The lowest BCUT2D eigenvalue weighted by Gasteiger charge is -2.14. The van der Waals surface area contributed by atoms with Gasteiger partial charge in [-0.1, -0.05) is 6.42 Å². The van der Waals surface area contributed by atoms with Crippen molar-refractivity contribution in [2.45, 2.75) is 45.1 Å². The van der Waals surface area contributed by atoms with Gasteiger partial charge in [0.15, 0.2) is 11.8 Å². The molecule has 0 aromatic rings. The summed E-state index contributed by atoms with van der Waals surface area (Å²) in [5.41, 5.74) is 1.55. The fourth-order valence-corrected chi connectivity index (χ4v) is 4.17. The number of rotatable bonds is 4. The number of fused-ring (bicyclic) bond motifs is 1. The van der Waals surface area contributed by atoms with Gasteiger partial charge in [-0.05, 0) is 19.8 Å². The van der Waals surface area contributed by atoms with Crippen LogP contribution in [-0.2, 0) is 9.47 Å². The molecule has 3 rings (SSSR count). The highest BCUT2D eigenvalue weighted by Crippen LogP contribution is 2.43. The fraction of sp³-hybridized carbons (Fsp3) is 0.812. The molecular formula is C16H26NO2+. The zero-order valence-electron chi connectivity index (χ0n) is 12.2. The molecule has 1 heterocycles. The smallest absolute Gasteiger partial charge is 0.183 e. The van der Waals surface area contributed by atoms with E-state index in [-0.39, 0.29) is 0 Å². The Balaban J connectivity index is 1.90. The third-order valence-corrected chi connectivity index (χ3v) is 4.93. The summed E-state index contributed by atoms with van der Waals surface area (Å²) >= 11 is 0. The summed E-state index contributed by atoms with van der Waals surface area (Å²) in [4.78, 5) is 0. The minimum absolute atomic E-state index is 0.582. The first-order valence-corrected chi connectivity index (χ1v) is 7.82. The molecule has 0 amide bonds. The van der Waals surface area contributed by atoms with E-state index in [0.717, 1.165) is 19.1 Å². The van der Waals surface area contributed by atoms with Crippen molar-refractivity contribution in [3.05, 3.63) is 11.8 Å². The topological polar surface area (TPSA) is 21.5 Å². The Bertz CT molecular complexity index is 400. The van der Waals surface area contributed by atoms with Crippen molar-refractivity contribution in [2.24, 2.45) is 11.8 Å². The Hall–Kier alpha value is -0.830. The molecule has 1 aliphatic heterocycles. The van der Waals surface area contributed by atoms with Gasteiger partial charge in [0.05, 0.1) is 12.5 Å². The molecule has 3 heteroatoms. The summed E-state index contributed by atoms with van der Waals surface area (Å²) in [5.74, 6) is 2.64. The molecule has 1 saturated heterocycles. The number of ether oxygens (including phenoxy) is 2. The van der Waals surface area contributed by atoms with Gasteiger partial charge in [-0.15, -0.1) is 0 Å². The normalized spacial score (nSPS) is 37.6. The van der Waals surface area contributed by atoms with E-state index in [1.165, 1.54) is 44.4 Å². The molecule has 0 radical (unpaired) electrons. The van der Waals surface area contributed by atoms with Crippen molar-refractivity contribution in [1.82, 2.24) is 0 Å². The Labute approximate surface area is 116 Å². The number of hydrogen-bond donors (Lipinski definition) is 0. The van der Waals surface area contributed by atoms with Crippen molar-refractivity contribution in [3.8, 4) is 0 Å². The molecule has 2 aliphatic carbocycles. The monoisotopic (exact) mass is 264 g/mol. The Morgan fingerprint density at radius 2 is 2.05 bits per heavy atom. The van der Waals surface area contributed by atoms with Crippen molar-refractivity contribution >= 4 is 5.71 Å². The molecule has 3 atom stereocenters. The highest BCUT2D eigenvalue weighted by molar-refractivity contribution is 5.96. The largest absolute Gasteiger partial charge is 0.498 e. The van der Waals surface area contributed by atoms with Crippen LogP contribution >= 0.6 is 0 Å². The van der Waals surface area contributed by atoms with Crippen LogP contribution in [0.2, 0.25) is 0 Å². The van der Waals surface area contributed by atoms with E-state index in [9.17, 15) is 0 Å². The van der Waals surface area contributed by atoms with E-state index >= 15 is 0 Å². The lowest BCUT2D eigenvalue weighted by Crippen LogP contribution is -2.32. The third-order valence-electron chi connectivity index (χ3n) is 4.93. The van der Waals surface area contributed by atoms with E-state index in [0.29, 0.717) is 12.0 Å². The van der Waals surface area contributed by atoms with Gasteiger partial charge in [-0.3, -0.25) is 0 Å². The predicted octanol–water partition coefficient (Wildman–Crippen LogP) is 2.60. The van der Waals surface area contributed by atoms with Gasteiger partial charge in [-0.25, -0.2) is 4.58 Å². The molecule has 2 fully saturated rings. The van der Waals surface area contributed by atoms with Gasteiger partial charge in [-0.2, -0.15) is 0 Å². The SMILES string of the molecule is CCOC1=CC(=[N+]2CCC[C@H]2COC)[C@@H]2CCC[C@H]12. The quantitative estimate of drug-likeness (QED) is 0.728. The Morgan fingerprint density at radius 3 is 2.84 bits per heavy atom. The van der Waals surface area contributed by atoms with E-state index in [1.54, 1.807) is 5.71 Å². The molecule has 0 bridgehead atoms. The molecule has 3 aliphatic rings. The van der Waals surface area contributed by atoms with Crippen LogP contribution in [0.5, 0.6) is 0 Å². The van der Waals surface area contributed by atoms with Gasteiger partial charge >= 0.3 is 0 Å². The number of nitrogens with zero attached hydrogens (tertiary/aromatic N) is 1. The summed E-state index contributed by atoms with van der Waals surface area (Å²) < 4.78 is 13.9. The second kappa shape index (κ2) is 5.66. The van der Waals surface area contributed by atoms with Crippen LogP contribution in [-0.4, -0.2) is 43.2 Å². The molecule has 0 unspecified atom stereocenters. The average Bonchev–Trinajstić information content (AvgIpc) is 3.08. The molecule has 0 spiro atoms. The van der Waals surface area contributed by atoms with Crippen molar-refractivity contribution in [1.29, 1.82) is 0 Å². The number of methoxy groups -OCH3 is 1. The van der Waals surface area contributed by atoms with Crippen LogP contribution < -0.4 is 0 Å². The summed E-state index contributed by atoms with van der Waals surface area (Å²) in [7, 11) is 1.82. The number of hydrogen-bond acceptors (Lipinski definition) is 2. The Kier molecular flexibility index (Phi) is 3.92. The summed E-state index contributed by atoms with van der Waals surface area (Å²) in [6, 6.07) is 0.582. The van der Waals surface area contributed by atoms with Gasteiger partial charge in [0.2, 0.25) is 0 Å². The van der Waals surface area contributed by atoms with Gasteiger partial charge in [0, 0.05) is 31.9 Å². The molecule has 106 valence electrons. The lowest BCUT2D eigenvalue weighted by atomic mass is 9.97. The average molecular weight is 264 g/mol. The maximum Gasteiger partial charge on any atom is 0.183 e. The lowest BCUT2D eigenvalue weighted by molar-refractivity contribution is -0.548. The first-order valence-electron chi connectivity index (χ1n) is 7.82. The molecule has 1 saturated carbocycles. The van der Waals surface area contributed by atoms with E-state index in [4.69, 9.17) is 9.47 Å². The second-order valence-electron chi connectivity index (χ2n) is 5.99. The molecule has 0 aromatic carbocycles. The van der Waals surface area contributed by atoms with Crippen molar-refractivity contribution < 1.29 is 14.0 Å². The zero-order chi connectivity index (χ0) is 13.2. The Morgan fingerprint density at radius 1 is 1.21 bits per heavy atom. The first kappa shape index (κ1) is 13.2. The molecule has 19 heavy (non-hydrogen) atoms. The van der Waals surface area contributed by atoms with Crippen LogP contribution in [0.25, 0.3) is 0 Å².